The van der Waals surface area contributed by atoms with Gasteiger partial charge in [-0.15, -0.1) is 0 Å². The fourth-order valence-corrected chi connectivity index (χ4v) is 3.44. The van der Waals surface area contributed by atoms with E-state index in [1.807, 2.05) is 13.8 Å². The standard InChI is InChI=1S/C16H23N3O2/c1-10-5-13(6-11(2)17-10)19-7-14(12-3-4-12)15(8-19)18-16(21)9-20/h5-6,12,14-15,20H,3-4,7-9H2,1-2H3,(H,18,21). The lowest BCUT2D eigenvalue weighted by Gasteiger charge is -2.19. The number of carbonyl (C=O) groups excluding carboxylic acids is 1. The van der Waals surface area contributed by atoms with Gasteiger partial charge < -0.3 is 15.3 Å². The largest absolute Gasteiger partial charge is 0.387 e. The van der Waals surface area contributed by atoms with E-state index < -0.39 is 6.61 Å². The Labute approximate surface area is 125 Å². The molecule has 0 spiro atoms. The summed E-state index contributed by atoms with van der Waals surface area (Å²) >= 11 is 0. The Kier molecular flexibility index (Phi) is 3.85. The molecule has 3 rings (SSSR count). The van der Waals surface area contributed by atoms with Crippen LogP contribution in [0.1, 0.15) is 24.2 Å². The molecule has 1 amide bonds. The van der Waals surface area contributed by atoms with Crippen LogP contribution in [0.2, 0.25) is 0 Å². The number of nitrogens with one attached hydrogen (secondary N) is 1. The van der Waals surface area contributed by atoms with Gasteiger partial charge in [0.1, 0.15) is 6.61 Å². The summed E-state index contributed by atoms with van der Waals surface area (Å²) in [5, 5.41) is 11.9. The minimum Gasteiger partial charge on any atom is -0.387 e. The third-order valence-electron chi connectivity index (χ3n) is 4.51. The van der Waals surface area contributed by atoms with Gasteiger partial charge in [-0.1, -0.05) is 0 Å². The van der Waals surface area contributed by atoms with Gasteiger partial charge >= 0.3 is 0 Å². The van der Waals surface area contributed by atoms with Gasteiger partial charge in [-0.2, -0.15) is 0 Å². The Hall–Kier alpha value is -1.62. The first-order valence-electron chi connectivity index (χ1n) is 7.67. The van der Waals surface area contributed by atoms with Gasteiger partial charge in [0, 0.05) is 36.1 Å². The summed E-state index contributed by atoms with van der Waals surface area (Å²) in [7, 11) is 0. The molecule has 0 bridgehead atoms. The molecule has 1 aromatic rings. The quantitative estimate of drug-likeness (QED) is 0.868. The van der Waals surface area contributed by atoms with Crippen molar-refractivity contribution in [2.24, 2.45) is 11.8 Å². The molecule has 5 heteroatoms. The van der Waals surface area contributed by atoms with Gasteiger partial charge in [-0.3, -0.25) is 9.78 Å². The molecule has 1 aliphatic carbocycles. The van der Waals surface area contributed by atoms with Gasteiger partial charge in [0.15, 0.2) is 0 Å². The number of hydrogen-bond acceptors (Lipinski definition) is 4. The number of amides is 1. The maximum Gasteiger partial charge on any atom is 0.245 e. The fourth-order valence-electron chi connectivity index (χ4n) is 3.44. The number of carbonyl (C=O) groups is 1. The van der Waals surface area contributed by atoms with E-state index in [4.69, 9.17) is 5.11 Å². The Morgan fingerprint density at radius 2 is 2.00 bits per heavy atom. The maximum atomic E-state index is 11.5. The molecular formula is C16H23N3O2. The molecule has 5 nitrogen and oxygen atoms in total. The summed E-state index contributed by atoms with van der Waals surface area (Å²) in [6, 6.07) is 4.35. The molecule has 2 heterocycles. The SMILES string of the molecule is Cc1cc(N2CC(NC(=O)CO)C(C3CC3)C2)cc(C)n1. The van der Waals surface area contributed by atoms with Crippen molar-refractivity contribution in [1.82, 2.24) is 10.3 Å². The van der Waals surface area contributed by atoms with Crippen LogP contribution >= 0.6 is 0 Å². The second-order valence-corrected chi connectivity index (χ2v) is 6.35. The van der Waals surface area contributed by atoms with Crippen LogP contribution < -0.4 is 10.2 Å². The third kappa shape index (κ3) is 3.18. The molecule has 1 saturated heterocycles. The summed E-state index contributed by atoms with van der Waals surface area (Å²) in [6.07, 6.45) is 2.52. The first-order chi connectivity index (χ1) is 10.1. The van der Waals surface area contributed by atoms with Crippen LogP contribution in [0.15, 0.2) is 12.1 Å². The highest BCUT2D eigenvalue weighted by Gasteiger charge is 2.43. The van der Waals surface area contributed by atoms with Gasteiger partial charge in [0.25, 0.3) is 0 Å². The van der Waals surface area contributed by atoms with Crippen LogP contribution in [-0.4, -0.2) is 41.7 Å². The summed E-state index contributed by atoms with van der Waals surface area (Å²) in [5.41, 5.74) is 3.23. The Balaban J connectivity index is 1.77. The minimum atomic E-state index is -0.429. The van der Waals surface area contributed by atoms with Crippen LogP contribution in [0.5, 0.6) is 0 Å². The van der Waals surface area contributed by atoms with Crippen molar-refractivity contribution < 1.29 is 9.90 Å². The number of aromatic nitrogens is 1. The lowest BCUT2D eigenvalue weighted by Crippen LogP contribution is -2.42. The number of rotatable bonds is 4. The molecule has 21 heavy (non-hydrogen) atoms. The molecule has 2 unspecified atom stereocenters. The van der Waals surface area contributed by atoms with E-state index in [2.05, 4.69) is 27.3 Å². The summed E-state index contributed by atoms with van der Waals surface area (Å²) < 4.78 is 0. The highest BCUT2D eigenvalue weighted by atomic mass is 16.3. The Morgan fingerprint density at radius 3 is 2.57 bits per heavy atom. The van der Waals surface area contributed by atoms with E-state index in [1.165, 1.54) is 18.5 Å². The number of aliphatic hydroxyl groups excluding tert-OH is 1. The van der Waals surface area contributed by atoms with E-state index in [1.54, 1.807) is 0 Å². The van der Waals surface area contributed by atoms with Gasteiger partial charge in [0.05, 0.1) is 6.04 Å². The highest BCUT2D eigenvalue weighted by molar-refractivity contribution is 5.77. The predicted molar refractivity (Wildman–Crippen MR) is 81.2 cm³/mol. The summed E-state index contributed by atoms with van der Waals surface area (Å²) in [5.74, 6) is 0.951. The van der Waals surface area contributed by atoms with E-state index in [-0.39, 0.29) is 11.9 Å². The zero-order chi connectivity index (χ0) is 15.0. The average molecular weight is 289 g/mol. The van der Waals surface area contributed by atoms with Crippen molar-refractivity contribution >= 4 is 11.6 Å². The van der Waals surface area contributed by atoms with E-state index >= 15 is 0 Å². The van der Waals surface area contributed by atoms with Crippen LogP contribution in [0.3, 0.4) is 0 Å². The zero-order valence-electron chi connectivity index (χ0n) is 12.7. The van der Waals surface area contributed by atoms with E-state index in [9.17, 15) is 4.79 Å². The first kappa shape index (κ1) is 14.3. The van der Waals surface area contributed by atoms with Gasteiger partial charge in [0.2, 0.25) is 5.91 Å². The molecular weight excluding hydrogens is 266 g/mol. The van der Waals surface area contributed by atoms with Crippen LogP contribution in [-0.2, 0) is 4.79 Å². The molecule has 0 radical (unpaired) electrons. The fraction of sp³-hybridized carbons (Fsp3) is 0.625. The molecule has 2 N–H and O–H groups in total. The zero-order valence-corrected chi connectivity index (χ0v) is 12.7. The van der Waals surface area contributed by atoms with Crippen LogP contribution in [0.25, 0.3) is 0 Å². The van der Waals surface area contributed by atoms with Crippen molar-refractivity contribution in [3.05, 3.63) is 23.5 Å². The average Bonchev–Trinajstić information content (AvgIpc) is 3.19. The molecule has 1 aromatic heterocycles. The van der Waals surface area contributed by atoms with Crippen molar-refractivity contribution in [3.63, 3.8) is 0 Å². The van der Waals surface area contributed by atoms with Crippen molar-refractivity contribution in [2.75, 3.05) is 24.6 Å². The smallest absolute Gasteiger partial charge is 0.245 e. The number of aliphatic hydroxyl groups is 1. The van der Waals surface area contributed by atoms with E-state index in [0.717, 1.165) is 30.4 Å². The molecule has 2 aliphatic rings. The third-order valence-corrected chi connectivity index (χ3v) is 4.51. The second kappa shape index (κ2) is 5.64. The maximum absolute atomic E-state index is 11.5. The predicted octanol–water partition coefficient (Wildman–Crippen LogP) is 1.02. The Morgan fingerprint density at radius 1 is 1.33 bits per heavy atom. The lowest BCUT2D eigenvalue weighted by molar-refractivity contribution is -0.124. The molecule has 114 valence electrons. The van der Waals surface area contributed by atoms with Crippen molar-refractivity contribution in [3.8, 4) is 0 Å². The lowest BCUT2D eigenvalue weighted by atomic mass is 9.98. The normalized spacial score (nSPS) is 25.2. The molecule has 0 aromatic carbocycles. The van der Waals surface area contributed by atoms with Gasteiger partial charge in [-0.05, 0) is 44.7 Å². The number of pyridine rings is 1. The number of aryl methyl sites for hydroxylation is 2. The minimum absolute atomic E-state index is 0.144. The van der Waals surface area contributed by atoms with Crippen molar-refractivity contribution in [1.29, 1.82) is 0 Å². The monoisotopic (exact) mass is 289 g/mol. The Bertz CT molecular complexity index is 522. The van der Waals surface area contributed by atoms with Crippen molar-refractivity contribution in [2.45, 2.75) is 32.7 Å². The molecule has 2 fully saturated rings. The molecule has 1 aliphatic heterocycles. The first-order valence-corrected chi connectivity index (χ1v) is 7.67. The highest BCUT2D eigenvalue weighted by Crippen LogP contribution is 2.42. The second-order valence-electron chi connectivity index (χ2n) is 6.35. The number of anilines is 1. The van der Waals surface area contributed by atoms with Crippen LogP contribution in [0.4, 0.5) is 5.69 Å². The summed E-state index contributed by atoms with van der Waals surface area (Å²) in [4.78, 5) is 18.3. The summed E-state index contributed by atoms with van der Waals surface area (Å²) in [6.45, 7) is 5.38. The molecule has 2 atom stereocenters. The number of hydrogen-bond donors (Lipinski definition) is 2. The topological polar surface area (TPSA) is 65.5 Å². The van der Waals surface area contributed by atoms with E-state index in [0.29, 0.717) is 5.92 Å². The van der Waals surface area contributed by atoms with Gasteiger partial charge in [-0.25, -0.2) is 0 Å². The molecule has 1 saturated carbocycles. The number of nitrogens with zero attached hydrogens (tertiary/aromatic N) is 2. The van der Waals surface area contributed by atoms with Crippen LogP contribution in [0, 0.1) is 25.7 Å².